The first kappa shape index (κ1) is 13.7. The van der Waals surface area contributed by atoms with E-state index in [0.29, 0.717) is 0 Å². The highest BCUT2D eigenvalue weighted by Crippen LogP contribution is 2.23. The highest BCUT2D eigenvalue weighted by Gasteiger charge is 2.07. The highest BCUT2D eigenvalue weighted by atomic mass is 16.3. The Labute approximate surface area is 113 Å². The second kappa shape index (κ2) is 5.91. The first-order chi connectivity index (χ1) is 9.13. The van der Waals surface area contributed by atoms with Crippen LogP contribution in [0.4, 0.5) is 0 Å². The van der Waals surface area contributed by atoms with E-state index in [1.807, 2.05) is 25.1 Å². The molecule has 0 saturated carbocycles. The average Bonchev–Trinajstić information content (AvgIpc) is 2.38. The van der Waals surface area contributed by atoms with Crippen LogP contribution in [0.15, 0.2) is 29.1 Å². The molecule has 19 heavy (non-hydrogen) atoms. The van der Waals surface area contributed by atoms with E-state index in [-0.39, 0.29) is 11.3 Å². The largest absolute Gasteiger partial charge is 0.507 e. The zero-order chi connectivity index (χ0) is 13.8. The first-order valence-corrected chi connectivity index (χ1v) is 6.96. The van der Waals surface area contributed by atoms with E-state index in [2.05, 4.69) is 6.92 Å². The van der Waals surface area contributed by atoms with Crippen LogP contribution >= 0.6 is 0 Å². The number of pyridine rings is 1. The summed E-state index contributed by atoms with van der Waals surface area (Å²) < 4.78 is 1.77. The third-order valence-corrected chi connectivity index (χ3v) is 3.48. The number of nitrogens with zero attached hydrogens (tertiary/aromatic N) is 1. The van der Waals surface area contributed by atoms with Crippen molar-refractivity contribution in [2.24, 2.45) is 0 Å². The summed E-state index contributed by atoms with van der Waals surface area (Å²) >= 11 is 0. The number of hydrogen-bond acceptors (Lipinski definition) is 2. The molecule has 0 unspecified atom stereocenters. The lowest BCUT2D eigenvalue weighted by atomic mass is 10.1. The van der Waals surface area contributed by atoms with E-state index < -0.39 is 0 Å². The number of aromatic nitrogens is 1. The molecule has 1 aromatic carbocycles. The monoisotopic (exact) mass is 259 g/mol. The summed E-state index contributed by atoms with van der Waals surface area (Å²) in [4.78, 5) is 12.0. The Morgan fingerprint density at radius 1 is 1.16 bits per heavy atom. The number of hydrogen-bond donors (Lipinski definition) is 1. The molecular weight excluding hydrogens is 238 g/mol. The Balaban J connectivity index is 2.39. The maximum absolute atomic E-state index is 12.0. The molecule has 0 amide bonds. The third kappa shape index (κ3) is 2.98. The lowest BCUT2D eigenvalue weighted by Crippen LogP contribution is -2.19. The van der Waals surface area contributed by atoms with Gasteiger partial charge in [0, 0.05) is 18.0 Å². The normalized spacial score (nSPS) is 11.1. The van der Waals surface area contributed by atoms with Crippen molar-refractivity contribution < 1.29 is 5.11 Å². The molecule has 1 aromatic heterocycles. The van der Waals surface area contributed by atoms with E-state index in [9.17, 15) is 9.90 Å². The van der Waals surface area contributed by atoms with E-state index in [1.165, 1.54) is 18.9 Å². The van der Waals surface area contributed by atoms with Gasteiger partial charge in [0.15, 0.2) is 0 Å². The molecule has 0 spiro atoms. The van der Waals surface area contributed by atoms with Gasteiger partial charge in [0.05, 0.1) is 5.52 Å². The van der Waals surface area contributed by atoms with Crippen LogP contribution in [-0.2, 0) is 6.54 Å². The predicted octanol–water partition coefficient (Wildman–Crippen LogP) is 3.60. The zero-order valence-corrected chi connectivity index (χ0v) is 11.6. The fourth-order valence-corrected chi connectivity index (χ4v) is 2.41. The number of fused-ring (bicyclic) bond motifs is 1. The zero-order valence-electron chi connectivity index (χ0n) is 11.6. The van der Waals surface area contributed by atoms with Crippen molar-refractivity contribution in [3.63, 3.8) is 0 Å². The van der Waals surface area contributed by atoms with Gasteiger partial charge < -0.3 is 9.67 Å². The Hall–Kier alpha value is -1.77. The number of aromatic hydroxyl groups is 1. The van der Waals surface area contributed by atoms with Crippen LogP contribution in [-0.4, -0.2) is 9.67 Å². The lowest BCUT2D eigenvalue weighted by molar-refractivity contribution is 0.477. The maximum Gasteiger partial charge on any atom is 0.254 e. The number of unbranched alkanes of at least 4 members (excludes halogenated alkanes) is 3. The van der Waals surface area contributed by atoms with Crippen molar-refractivity contribution in [3.8, 4) is 5.75 Å². The molecule has 0 saturated heterocycles. The Bertz CT molecular complexity index is 628. The Morgan fingerprint density at radius 2 is 1.95 bits per heavy atom. The molecule has 0 atom stereocenters. The van der Waals surface area contributed by atoms with Crippen molar-refractivity contribution in [3.05, 3.63) is 40.2 Å². The third-order valence-electron chi connectivity index (χ3n) is 3.48. The molecule has 0 aliphatic rings. The van der Waals surface area contributed by atoms with E-state index in [1.54, 1.807) is 4.57 Å². The highest BCUT2D eigenvalue weighted by molar-refractivity contribution is 5.85. The van der Waals surface area contributed by atoms with Gasteiger partial charge in [0.1, 0.15) is 5.75 Å². The molecule has 0 aliphatic heterocycles. The van der Waals surface area contributed by atoms with Gasteiger partial charge in [-0.1, -0.05) is 37.8 Å². The van der Waals surface area contributed by atoms with Crippen molar-refractivity contribution >= 4 is 10.9 Å². The molecule has 3 nitrogen and oxygen atoms in total. The quantitative estimate of drug-likeness (QED) is 0.834. The summed E-state index contributed by atoms with van der Waals surface area (Å²) in [6, 6.07) is 7.14. The maximum atomic E-state index is 12.0. The van der Waals surface area contributed by atoms with Crippen LogP contribution < -0.4 is 5.56 Å². The van der Waals surface area contributed by atoms with E-state index in [4.69, 9.17) is 0 Å². The molecule has 0 fully saturated rings. The second-order valence-electron chi connectivity index (χ2n) is 5.10. The van der Waals surface area contributed by atoms with Crippen LogP contribution in [0.2, 0.25) is 0 Å². The minimum absolute atomic E-state index is 0.0773. The molecule has 0 radical (unpaired) electrons. The van der Waals surface area contributed by atoms with E-state index >= 15 is 0 Å². The van der Waals surface area contributed by atoms with Gasteiger partial charge in [0.2, 0.25) is 0 Å². The SMILES string of the molecule is CCCCCCn1c(=O)cc(O)c2cc(C)ccc21. The standard InChI is InChI=1S/C16H21NO2/c1-3-4-5-6-9-17-14-8-7-12(2)10-13(14)15(18)11-16(17)19/h7-8,10-11,18H,3-6,9H2,1-2H3. The van der Waals surface area contributed by atoms with Crippen LogP contribution in [0.1, 0.15) is 38.2 Å². The van der Waals surface area contributed by atoms with Gasteiger partial charge in [-0.25, -0.2) is 0 Å². The second-order valence-corrected chi connectivity index (χ2v) is 5.10. The predicted molar refractivity (Wildman–Crippen MR) is 78.8 cm³/mol. The summed E-state index contributed by atoms with van der Waals surface area (Å²) in [5.74, 6) is 0.0773. The van der Waals surface area contributed by atoms with Gasteiger partial charge in [0.25, 0.3) is 5.56 Å². The fourth-order valence-electron chi connectivity index (χ4n) is 2.41. The Morgan fingerprint density at radius 3 is 2.68 bits per heavy atom. The minimum Gasteiger partial charge on any atom is -0.507 e. The van der Waals surface area contributed by atoms with Crippen molar-refractivity contribution in [1.29, 1.82) is 0 Å². The molecule has 0 aliphatic carbocycles. The van der Waals surface area contributed by atoms with Crippen LogP contribution in [0.25, 0.3) is 10.9 Å². The van der Waals surface area contributed by atoms with E-state index in [0.717, 1.165) is 35.9 Å². The molecular formula is C16H21NO2. The smallest absolute Gasteiger partial charge is 0.254 e. The molecule has 2 aromatic rings. The van der Waals surface area contributed by atoms with Gasteiger partial charge in [-0.2, -0.15) is 0 Å². The first-order valence-electron chi connectivity index (χ1n) is 6.96. The van der Waals surface area contributed by atoms with Gasteiger partial charge in [-0.3, -0.25) is 4.79 Å². The molecule has 1 N–H and O–H groups in total. The van der Waals surface area contributed by atoms with Crippen molar-refractivity contribution in [2.75, 3.05) is 0 Å². The molecule has 1 heterocycles. The fraction of sp³-hybridized carbons (Fsp3) is 0.438. The van der Waals surface area contributed by atoms with Crippen molar-refractivity contribution in [2.45, 2.75) is 46.1 Å². The van der Waals surface area contributed by atoms with Crippen LogP contribution in [0, 0.1) is 6.92 Å². The van der Waals surface area contributed by atoms with Crippen LogP contribution in [0.5, 0.6) is 5.75 Å². The molecule has 2 rings (SSSR count). The lowest BCUT2D eigenvalue weighted by Gasteiger charge is -2.11. The summed E-state index contributed by atoms with van der Waals surface area (Å²) in [5, 5.41) is 10.7. The van der Waals surface area contributed by atoms with Crippen LogP contribution in [0.3, 0.4) is 0 Å². The minimum atomic E-state index is -0.120. The summed E-state index contributed by atoms with van der Waals surface area (Å²) in [6.45, 7) is 4.87. The summed E-state index contributed by atoms with van der Waals surface area (Å²) in [6.07, 6.45) is 4.52. The van der Waals surface area contributed by atoms with Crippen molar-refractivity contribution in [1.82, 2.24) is 4.57 Å². The topological polar surface area (TPSA) is 42.2 Å². The number of rotatable bonds is 5. The van der Waals surface area contributed by atoms with Gasteiger partial charge >= 0.3 is 0 Å². The average molecular weight is 259 g/mol. The van der Waals surface area contributed by atoms with Gasteiger partial charge in [-0.05, 0) is 25.5 Å². The van der Waals surface area contributed by atoms with Gasteiger partial charge in [-0.15, -0.1) is 0 Å². The Kier molecular flexibility index (Phi) is 4.25. The number of benzene rings is 1. The number of aryl methyl sites for hydroxylation is 2. The molecule has 0 bridgehead atoms. The molecule has 3 heteroatoms. The summed E-state index contributed by atoms with van der Waals surface area (Å²) in [5.41, 5.74) is 1.79. The molecule has 102 valence electrons. The summed E-state index contributed by atoms with van der Waals surface area (Å²) in [7, 11) is 0.